The van der Waals surface area contributed by atoms with Crippen LogP contribution in [0.4, 0.5) is 32.6 Å². The lowest BCUT2D eigenvalue weighted by molar-refractivity contribution is -0.0591. The molecular formula is C29H32ClF5N6O3. The second kappa shape index (κ2) is 11.4. The molecule has 2 aliphatic rings. The standard InChI is InChI=1S/C29H32ClF5N6O3/c1-15(29(33,34)35)38-24-22(23(30)39-25-36-14-37-41(24)25)21-19(31)10-17(11-20(21)32)43-18-12-28(13-18)8-6-16(7-9-28)40(5)26(42)44-27(2,3)4/h10-11,14,16,18H,6-9,12-13H2,1-5H3. The number of aliphatic imine (C=N–C) groups is 1. The number of fused-ring (bicyclic) bond motifs is 1. The highest BCUT2D eigenvalue weighted by atomic mass is 35.5. The number of nitrogens with zero attached hydrogens (tertiary/aromatic N) is 6. The van der Waals surface area contributed by atoms with Gasteiger partial charge in [-0.15, -0.1) is 0 Å². The van der Waals surface area contributed by atoms with Gasteiger partial charge in [-0.1, -0.05) is 11.6 Å². The minimum atomic E-state index is -4.82. The van der Waals surface area contributed by atoms with Gasteiger partial charge in [0.2, 0.25) is 0 Å². The van der Waals surface area contributed by atoms with Crippen LogP contribution in [0, 0.1) is 17.0 Å². The van der Waals surface area contributed by atoms with Crippen molar-refractivity contribution in [2.45, 2.75) is 90.1 Å². The fourth-order valence-corrected chi connectivity index (χ4v) is 6.13. The van der Waals surface area contributed by atoms with Crippen molar-refractivity contribution in [1.29, 1.82) is 0 Å². The summed E-state index contributed by atoms with van der Waals surface area (Å²) in [6.07, 6.45) is 0.317. The van der Waals surface area contributed by atoms with E-state index >= 15 is 8.78 Å². The van der Waals surface area contributed by atoms with Crippen molar-refractivity contribution in [1.82, 2.24) is 24.5 Å². The molecule has 2 heterocycles. The molecule has 9 nitrogen and oxygen atoms in total. The molecule has 5 rings (SSSR count). The number of benzene rings is 1. The third-order valence-corrected chi connectivity index (χ3v) is 8.45. The first-order valence-electron chi connectivity index (χ1n) is 14.1. The normalized spacial score (nSPS) is 22.7. The Morgan fingerprint density at radius 1 is 1.11 bits per heavy atom. The smallest absolute Gasteiger partial charge is 0.429 e. The predicted octanol–water partition coefficient (Wildman–Crippen LogP) is 7.71. The summed E-state index contributed by atoms with van der Waals surface area (Å²) in [7, 11) is 1.75. The summed E-state index contributed by atoms with van der Waals surface area (Å²) < 4.78 is 83.2. The van der Waals surface area contributed by atoms with Crippen molar-refractivity contribution < 1.29 is 36.2 Å². The van der Waals surface area contributed by atoms with Gasteiger partial charge in [-0.2, -0.15) is 32.8 Å². The molecule has 1 spiro atoms. The number of rotatable bonds is 5. The molecule has 1 amide bonds. The fourth-order valence-electron chi connectivity index (χ4n) is 5.88. The molecule has 2 fully saturated rings. The molecule has 44 heavy (non-hydrogen) atoms. The first-order valence-corrected chi connectivity index (χ1v) is 14.5. The average molecular weight is 643 g/mol. The molecule has 0 aliphatic heterocycles. The van der Waals surface area contributed by atoms with Crippen LogP contribution < -0.4 is 4.74 Å². The number of amides is 1. The van der Waals surface area contributed by atoms with Crippen LogP contribution in [0.15, 0.2) is 23.5 Å². The van der Waals surface area contributed by atoms with Crippen LogP contribution in [0.25, 0.3) is 16.9 Å². The van der Waals surface area contributed by atoms with E-state index < -0.39 is 51.2 Å². The number of halogens is 6. The van der Waals surface area contributed by atoms with E-state index in [9.17, 15) is 18.0 Å². The largest absolute Gasteiger partial charge is 0.490 e. The Labute approximate surface area is 255 Å². The van der Waals surface area contributed by atoms with Gasteiger partial charge in [0.25, 0.3) is 5.78 Å². The summed E-state index contributed by atoms with van der Waals surface area (Å²) in [6, 6.07) is 1.99. The lowest BCUT2D eigenvalue weighted by atomic mass is 9.58. The molecule has 2 saturated carbocycles. The fraction of sp³-hybridized carbons (Fsp3) is 0.552. The minimum absolute atomic E-state index is 0.0304. The minimum Gasteiger partial charge on any atom is -0.490 e. The van der Waals surface area contributed by atoms with Crippen molar-refractivity contribution in [2.75, 3.05) is 7.05 Å². The third-order valence-electron chi connectivity index (χ3n) is 8.18. The maximum Gasteiger partial charge on any atom is 0.429 e. The number of carbonyl (C=O) groups excluding carboxylic acids is 1. The SMILES string of the molecule is CC(=Nc1c(-c2c(F)cc(OC3CC4(CCC(N(C)C(=O)OC(C)(C)C)CC4)C3)cc2F)c(Cl)nc2ncnn12)C(F)(F)F. The summed E-state index contributed by atoms with van der Waals surface area (Å²) in [5.74, 6) is -3.08. The highest BCUT2D eigenvalue weighted by Crippen LogP contribution is 2.53. The van der Waals surface area contributed by atoms with Crippen molar-refractivity contribution in [3.63, 3.8) is 0 Å². The lowest BCUT2D eigenvalue weighted by Gasteiger charge is -2.52. The van der Waals surface area contributed by atoms with Crippen molar-refractivity contribution in [3.8, 4) is 16.9 Å². The highest BCUT2D eigenvalue weighted by Gasteiger charge is 2.48. The second-order valence-electron chi connectivity index (χ2n) is 12.5. The Kier molecular flexibility index (Phi) is 8.27. The predicted molar refractivity (Wildman–Crippen MR) is 152 cm³/mol. The number of ether oxygens (including phenoxy) is 2. The molecule has 238 valence electrons. The third kappa shape index (κ3) is 6.45. The van der Waals surface area contributed by atoms with Crippen LogP contribution in [0.5, 0.6) is 5.75 Å². The zero-order chi connectivity index (χ0) is 32.2. The molecule has 1 aromatic carbocycles. The van der Waals surface area contributed by atoms with Crippen LogP contribution in [0.1, 0.15) is 66.2 Å². The number of aromatic nitrogens is 4. The highest BCUT2D eigenvalue weighted by molar-refractivity contribution is 6.33. The molecule has 0 saturated heterocycles. The molecule has 15 heteroatoms. The monoisotopic (exact) mass is 642 g/mol. The molecule has 0 bridgehead atoms. The van der Waals surface area contributed by atoms with E-state index in [1.165, 1.54) is 0 Å². The Morgan fingerprint density at radius 3 is 2.30 bits per heavy atom. The topological polar surface area (TPSA) is 94.2 Å². The van der Waals surface area contributed by atoms with E-state index in [0.29, 0.717) is 19.8 Å². The quantitative estimate of drug-likeness (QED) is 0.161. The van der Waals surface area contributed by atoms with Gasteiger partial charge in [0, 0.05) is 25.2 Å². The molecule has 2 aliphatic carbocycles. The summed E-state index contributed by atoms with van der Waals surface area (Å²) in [4.78, 5) is 25.4. The van der Waals surface area contributed by atoms with Crippen LogP contribution >= 0.6 is 11.6 Å². The Hall–Kier alpha value is -3.55. The molecule has 2 aromatic heterocycles. The lowest BCUT2D eigenvalue weighted by Crippen LogP contribution is -2.50. The van der Waals surface area contributed by atoms with Crippen molar-refractivity contribution in [2.24, 2.45) is 10.4 Å². The van der Waals surface area contributed by atoms with Crippen molar-refractivity contribution in [3.05, 3.63) is 35.2 Å². The molecular weight excluding hydrogens is 611 g/mol. The van der Waals surface area contributed by atoms with E-state index in [-0.39, 0.29) is 35.2 Å². The number of alkyl halides is 3. The first kappa shape index (κ1) is 31.9. The molecule has 0 atom stereocenters. The van der Waals surface area contributed by atoms with Crippen LogP contribution in [-0.4, -0.2) is 67.3 Å². The number of hydrogen-bond donors (Lipinski definition) is 0. The Balaban J connectivity index is 1.30. The van der Waals surface area contributed by atoms with E-state index in [1.807, 2.05) is 20.8 Å². The maximum atomic E-state index is 15.5. The van der Waals surface area contributed by atoms with E-state index in [2.05, 4.69) is 20.1 Å². The van der Waals surface area contributed by atoms with Crippen LogP contribution in [0.2, 0.25) is 5.15 Å². The van der Waals surface area contributed by atoms with Crippen LogP contribution in [-0.2, 0) is 4.74 Å². The summed E-state index contributed by atoms with van der Waals surface area (Å²) >= 11 is 6.22. The van der Waals surface area contributed by atoms with Gasteiger partial charge in [0.05, 0.1) is 17.2 Å². The van der Waals surface area contributed by atoms with Crippen molar-refractivity contribution >= 4 is 35.0 Å². The van der Waals surface area contributed by atoms with E-state index in [1.54, 1.807) is 11.9 Å². The second-order valence-corrected chi connectivity index (χ2v) is 12.9. The average Bonchev–Trinajstić information content (AvgIpc) is 3.35. The zero-order valence-electron chi connectivity index (χ0n) is 24.8. The Bertz CT molecular complexity index is 1580. The van der Waals surface area contributed by atoms with Gasteiger partial charge >= 0.3 is 12.3 Å². The molecule has 0 unspecified atom stereocenters. The first-order chi connectivity index (χ1) is 20.5. The van der Waals surface area contributed by atoms with Gasteiger partial charge in [-0.3, -0.25) is 0 Å². The molecule has 3 aromatic rings. The number of carbonyl (C=O) groups is 1. The molecule has 0 N–H and O–H groups in total. The summed E-state index contributed by atoms with van der Waals surface area (Å²) in [5, 5.41) is 3.31. The van der Waals surface area contributed by atoms with Crippen LogP contribution in [0.3, 0.4) is 0 Å². The van der Waals surface area contributed by atoms with Gasteiger partial charge in [0.15, 0.2) is 5.82 Å². The van der Waals surface area contributed by atoms with E-state index in [0.717, 1.165) is 48.7 Å². The summed E-state index contributed by atoms with van der Waals surface area (Å²) in [6.45, 7) is 6.18. The maximum absolute atomic E-state index is 15.5. The summed E-state index contributed by atoms with van der Waals surface area (Å²) in [5.41, 5.74) is -3.07. The zero-order valence-corrected chi connectivity index (χ0v) is 25.6. The Morgan fingerprint density at radius 2 is 1.73 bits per heavy atom. The van der Waals surface area contributed by atoms with Gasteiger partial charge in [-0.05, 0) is 71.6 Å². The molecule has 0 radical (unpaired) electrons. The van der Waals surface area contributed by atoms with E-state index in [4.69, 9.17) is 21.1 Å². The number of hydrogen-bond acceptors (Lipinski definition) is 7. The van der Waals surface area contributed by atoms with Gasteiger partial charge in [-0.25, -0.2) is 18.6 Å². The van der Waals surface area contributed by atoms with Gasteiger partial charge in [0.1, 0.15) is 40.2 Å². The van der Waals surface area contributed by atoms with Gasteiger partial charge < -0.3 is 14.4 Å².